The predicted molar refractivity (Wildman–Crippen MR) is 70.1 cm³/mol. The molecule has 0 aliphatic heterocycles. The van der Waals surface area contributed by atoms with Gasteiger partial charge >= 0.3 is 0 Å². The Hall–Kier alpha value is -0.580. The molecule has 86 valence electrons. The van der Waals surface area contributed by atoms with Gasteiger partial charge in [0.2, 0.25) is 0 Å². The molecule has 2 rings (SSSR count). The maximum absolute atomic E-state index is 5.67. The van der Waals surface area contributed by atoms with E-state index in [2.05, 4.69) is 30.9 Å². The van der Waals surface area contributed by atoms with Crippen molar-refractivity contribution in [2.75, 3.05) is 0 Å². The maximum Gasteiger partial charge on any atom is 0.110 e. The van der Waals surface area contributed by atoms with Gasteiger partial charge in [0.15, 0.2) is 0 Å². The molecule has 0 atom stereocenters. The number of nitrogens with one attached hydrogen (secondary N) is 1. The van der Waals surface area contributed by atoms with E-state index in [9.17, 15) is 0 Å². The molecule has 0 spiro atoms. The number of rotatable bonds is 3. The predicted octanol–water partition coefficient (Wildman–Crippen LogP) is 3.32. The van der Waals surface area contributed by atoms with Crippen molar-refractivity contribution in [2.24, 2.45) is 0 Å². The first-order valence-electron chi connectivity index (χ1n) is 4.47. The minimum Gasteiger partial charge on any atom is -0.345 e. The number of hydrogen-bond acceptors (Lipinski definition) is 2. The Morgan fingerprint density at radius 3 is 2.62 bits per heavy atom. The van der Waals surface area contributed by atoms with Gasteiger partial charge in [0.05, 0.1) is 5.88 Å². The molecule has 16 heavy (non-hydrogen) atoms. The van der Waals surface area contributed by atoms with Gasteiger partial charge in [-0.05, 0) is 27.6 Å². The Morgan fingerprint density at radius 1 is 1.25 bits per heavy atom. The molecule has 0 unspecified atom stereocenters. The second kappa shape index (κ2) is 6.23. The lowest BCUT2D eigenvalue weighted by Crippen LogP contribution is -1.92. The lowest BCUT2D eigenvalue weighted by atomic mass is 10.2. The van der Waals surface area contributed by atoms with Crippen LogP contribution in [0, 0.1) is 0 Å². The van der Waals surface area contributed by atoms with E-state index in [1.54, 1.807) is 6.20 Å². The zero-order valence-electron chi connectivity index (χ0n) is 8.28. The Morgan fingerprint density at radius 2 is 2.06 bits per heavy atom. The van der Waals surface area contributed by atoms with Crippen molar-refractivity contribution in [3.63, 3.8) is 0 Å². The van der Waals surface area contributed by atoms with Crippen LogP contribution in [0.4, 0.5) is 0 Å². The molecular weight excluding hydrogens is 313 g/mol. The molecule has 6 heteroatoms. The summed E-state index contributed by atoms with van der Waals surface area (Å²) in [5.41, 5.74) is 2.06. The number of pyridine rings is 1. The maximum atomic E-state index is 5.67. The number of hydrogen-bond donors (Lipinski definition) is 1. The van der Waals surface area contributed by atoms with Gasteiger partial charge in [-0.15, -0.1) is 24.0 Å². The summed E-state index contributed by atoms with van der Waals surface area (Å²) in [5.74, 6) is 1.38. The number of nitrogens with zero attached hydrogens (tertiary/aromatic N) is 2. The highest BCUT2D eigenvalue weighted by molar-refractivity contribution is 9.10. The quantitative estimate of drug-likeness (QED) is 0.695. The third-order valence-corrected chi connectivity index (χ3v) is 2.74. The van der Waals surface area contributed by atoms with Gasteiger partial charge in [-0.1, -0.05) is 6.07 Å². The zero-order chi connectivity index (χ0) is 10.7. The lowest BCUT2D eigenvalue weighted by molar-refractivity contribution is 1.00. The first kappa shape index (κ1) is 13.5. The molecule has 0 aliphatic rings. The molecule has 2 aromatic rings. The van der Waals surface area contributed by atoms with Crippen molar-refractivity contribution >= 4 is 39.9 Å². The summed E-state index contributed by atoms with van der Waals surface area (Å²) in [4.78, 5) is 11.5. The van der Waals surface area contributed by atoms with Gasteiger partial charge in [0, 0.05) is 24.5 Å². The number of aromatic nitrogens is 3. The Labute approximate surface area is 113 Å². The molecule has 0 amide bonds. The average Bonchev–Trinajstić information content (AvgIpc) is 2.69. The van der Waals surface area contributed by atoms with Gasteiger partial charge < -0.3 is 4.98 Å². The van der Waals surface area contributed by atoms with Crippen LogP contribution >= 0.6 is 39.9 Å². The van der Waals surface area contributed by atoms with Gasteiger partial charge in [-0.25, -0.2) is 9.97 Å². The van der Waals surface area contributed by atoms with E-state index in [4.69, 9.17) is 11.6 Å². The average molecular weight is 323 g/mol. The minimum absolute atomic E-state index is 0. The molecular formula is C10H10BrCl2N3. The third kappa shape index (κ3) is 3.47. The van der Waals surface area contributed by atoms with Gasteiger partial charge in [-0.2, -0.15) is 0 Å². The summed E-state index contributed by atoms with van der Waals surface area (Å²) in [7, 11) is 0. The molecule has 0 radical (unpaired) electrons. The van der Waals surface area contributed by atoms with Crippen LogP contribution < -0.4 is 0 Å². The largest absolute Gasteiger partial charge is 0.345 e. The highest BCUT2D eigenvalue weighted by Crippen LogP contribution is 2.10. The van der Waals surface area contributed by atoms with Crippen LogP contribution in [0.3, 0.4) is 0 Å². The van der Waals surface area contributed by atoms with Crippen LogP contribution in [0.15, 0.2) is 29.1 Å². The molecule has 0 saturated carbocycles. The number of imidazole rings is 1. The molecule has 0 bridgehead atoms. The summed E-state index contributed by atoms with van der Waals surface area (Å²) >= 11 is 8.97. The van der Waals surface area contributed by atoms with Crippen LogP contribution in [0.1, 0.15) is 17.1 Å². The molecule has 0 aromatic carbocycles. The number of H-pyrrole nitrogens is 1. The lowest BCUT2D eigenvalue weighted by Gasteiger charge is -1.97. The Bertz CT molecular complexity index is 442. The van der Waals surface area contributed by atoms with E-state index in [0.29, 0.717) is 5.88 Å². The Balaban J connectivity index is 0.00000128. The summed E-state index contributed by atoms with van der Waals surface area (Å²) in [6.07, 6.45) is 4.33. The normalized spacial score (nSPS) is 9.88. The van der Waals surface area contributed by atoms with Crippen molar-refractivity contribution in [1.82, 2.24) is 15.0 Å². The summed E-state index contributed by atoms with van der Waals surface area (Å²) in [5, 5.41) is 0. The topological polar surface area (TPSA) is 41.6 Å². The Kier molecular flexibility index (Phi) is 5.25. The van der Waals surface area contributed by atoms with Gasteiger partial charge in [-0.3, -0.25) is 0 Å². The fourth-order valence-corrected chi connectivity index (χ4v) is 1.64. The van der Waals surface area contributed by atoms with E-state index in [1.807, 2.05) is 18.3 Å². The monoisotopic (exact) mass is 321 g/mol. The molecule has 2 aromatic heterocycles. The van der Waals surface area contributed by atoms with Gasteiger partial charge in [0.1, 0.15) is 10.4 Å². The van der Waals surface area contributed by atoms with Crippen molar-refractivity contribution in [3.8, 4) is 0 Å². The van der Waals surface area contributed by atoms with Crippen molar-refractivity contribution < 1.29 is 0 Å². The number of alkyl halides is 1. The second-order valence-corrected chi connectivity index (χ2v) is 4.23. The summed E-state index contributed by atoms with van der Waals surface area (Å²) < 4.78 is 0.840. The zero-order valence-corrected chi connectivity index (χ0v) is 11.4. The number of aromatic amines is 1. The van der Waals surface area contributed by atoms with Crippen LogP contribution in [0.25, 0.3) is 0 Å². The van der Waals surface area contributed by atoms with Gasteiger partial charge in [0.25, 0.3) is 0 Å². The number of halogens is 3. The third-order valence-electron chi connectivity index (χ3n) is 1.99. The molecule has 1 N–H and O–H groups in total. The fourth-order valence-electron chi connectivity index (χ4n) is 1.27. The van der Waals surface area contributed by atoms with Crippen molar-refractivity contribution in [1.29, 1.82) is 0 Å². The van der Waals surface area contributed by atoms with E-state index in [1.165, 1.54) is 0 Å². The van der Waals surface area contributed by atoms with Crippen molar-refractivity contribution in [3.05, 3.63) is 46.2 Å². The molecule has 3 nitrogen and oxygen atoms in total. The molecule has 0 fully saturated rings. The SMILES string of the molecule is Cl.ClCc1cnc(Cc2ccc(Br)nc2)[nH]1. The van der Waals surface area contributed by atoms with Crippen LogP contribution in [-0.2, 0) is 12.3 Å². The standard InChI is InChI=1S/C10H9BrClN3.ClH/c11-9-2-1-7(5-13-9)3-10-14-6-8(4-12)15-10;/h1-2,5-6H,3-4H2,(H,14,15);1H. The smallest absolute Gasteiger partial charge is 0.110 e. The molecule has 0 aliphatic carbocycles. The van der Waals surface area contributed by atoms with Crippen LogP contribution in [0.5, 0.6) is 0 Å². The van der Waals surface area contributed by atoms with Crippen molar-refractivity contribution in [2.45, 2.75) is 12.3 Å². The van der Waals surface area contributed by atoms with E-state index < -0.39 is 0 Å². The van der Waals surface area contributed by atoms with E-state index in [-0.39, 0.29) is 12.4 Å². The summed E-state index contributed by atoms with van der Waals surface area (Å²) in [6.45, 7) is 0. The van der Waals surface area contributed by atoms with E-state index in [0.717, 1.165) is 28.1 Å². The molecule has 0 saturated heterocycles. The van der Waals surface area contributed by atoms with Crippen LogP contribution in [-0.4, -0.2) is 15.0 Å². The summed E-state index contributed by atoms with van der Waals surface area (Å²) in [6, 6.07) is 3.93. The first-order valence-corrected chi connectivity index (χ1v) is 5.80. The van der Waals surface area contributed by atoms with E-state index >= 15 is 0 Å². The fraction of sp³-hybridized carbons (Fsp3) is 0.200. The molecule has 2 heterocycles. The highest BCUT2D eigenvalue weighted by Gasteiger charge is 2.01. The highest BCUT2D eigenvalue weighted by atomic mass is 79.9. The second-order valence-electron chi connectivity index (χ2n) is 3.15. The first-order chi connectivity index (χ1) is 7.28. The van der Waals surface area contributed by atoms with Crippen LogP contribution in [0.2, 0.25) is 0 Å². The minimum atomic E-state index is 0.